The fourth-order valence-electron chi connectivity index (χ4n) is 5.20. The zero-order chi connectivity index (χ0) is 25.9. The van der Waals surface area contributed by atoms with Gasteiger partial charge in [0.1, 0.15) is 0 Å². The average Bonchev–Trinajstić information content (AvgIpc) is 3.60. The third kappa shape index (κ3) is 4.85. The van der Waals surface area contributed by atoms with Crippen molar-refractivity contribution in [1.82, 2.24) is 15.3 Å². The van der Waals surface area contributed by atoms with Crippen molar-refractivity contribution < 1.29 is 9.59 Å². The summed E-state index contributed by atoms with van der Waals surface area (Å²) in [5.74, 6) is 0.138. The van der Waals surface area contributed by atoms with E-state index in [1.54, 1.807) is 6.20 Å². The van der Waals surface area contributed by atoms with Gasteiger partial charge in [0.2, 0.25) is 11.8 Å². The number of hydrogen-bond acceptors (Lipinski definition) is 4. The van der Waals surface area contributed by atoms with E-state index in [-0.39, 0.29) is 11.8 Å². The molecule has 0 bridgehead atoms. The Kier molecular flexibility index (Phi) is 6.53. The molecule has 0 unspecified atom stereocenters. The van der Waals surface area contributed by atoms with E-state index in [0.717, 1.165) is 64.2 Å². The molecule has 2 aromatic heterocycles. The molecule has 6 rings (SSSR count). The SMILES string of the molecule is O=C(NCCc1ccccc1)C1=Cc2c(-c3cncc(-c4ccc(N5CCCC5=O)cc4)c3)ccnc2C1. The van der Waals surface area contributed by atoms with Gasteiger partial charge in [0, 0.05) is 72.5 Å². The summed E-state index contributed by atoms with van der Waals surface area (Å²) in [5.41, 5.74) is 8.76. The molecule has 1 aliphatic heterocycles. The van der Waals surface area contributed by atoms with Crippen molar-refractivity contribution in [3.05, 3.63) is 108 Å². The van der Waals surface area contributed by atoms with E-state index >= 15 is 0 Å². The van der Waals surface area contributed by atoms with E-state index in [0.29, 0.717) is 19.4 Å². The molecule has 2 amide bonds. The number of carbonyl (C=O) groups excluding carboxylic acids is 2. The summed E-state index contributed by atoms with van der Waals surface area (Å²) in [6.07, 6.45) is 10.3. The van der Waals surface area contributed by atoms with E-state index in [1.807, 2.05) is 71.9 Å². The van der Waals surface area contributed by atoms with Crippen LogP contribution in [0, 0.1) is 0 Å². The van der Waals surface area contributed by atoms with E-state index in [9.17, 15) is 9.59 Å². The quantitative estimate of drug-likeness (QED) is 0.377. The van der Waals surface area contributed by atoms with Crippen LogP contribution in [0.15, 0.2) is 90.9 Å². The van der Waals surface area contributed by atoms with Crippen LogP contribution in [0.1, 0.15) is 29.7 Å². The van der Waals surface area contributed by atoms with Crippen LogP contribution in [0.2, 0.25) is 0 Å². The Bertz CT molecular complexity index is 1530. The number of anilines is 1. The molecule has 1 fully saturated rings. The predicted molar refractivity (Wildman–Crippen MR) is 149 cm³/mol. The molecule has 0 atom stereocenters. The van der Waals surface area contributed by atoms with Crippen molar-refractivity contribution in [3.63, 3.8) is 0 Å². The first-order valence-corrected chi connectivity index (χ1v) is 13.0. The van der Waals surface area contributed by atoms with Gasteiger partial charge in [-0.05, 0) is 59.9 Å². The molecule has 1 saturated heterocycles. The lowest BCUT2D eigenvalue weighted by Gasteiger charge is -2.16. The van der Waals surface area contributed by atoms with Gasteiger partial charge < -0.3 is 10.2 Å². The number of fused-ring (bicyclic) bond motifs is 1. The zero-order valence-electron chi connectivity index (χ0n) is 21.1. The summed E-state index contributed by atoms with van der Waals surface area (Å²) < 4.78 is 0. The van der Waals surface area contributed by atoms with E-state index < -0.39 is 0 Å². The second kappa shape index (κ2) is 10.4. The van der Waals surface area contributed by atoms with Crippen molar-refractivity contribution >= 4 is 23.6 Å². The minimum Gasteiger partial charge on any atom is -0.352 e. The van der Waals surface area contributed by atoms with Gasteiger partial charge in [0.25, 0.3) is 0 Å². The minimum absolute atomic E-state index is 0.0478. The van der Waals surface area contributed by atoms with Gasteiger partial charge in [0.05, 0.1) is 5.69 Å². The molecule has 1 N–H and O–H groups in total. The third-order valence-corrected chi connectivity index (χ3v) is 7.22. The fraction of sp³-hybridized carbons (Fsp3) is 0.188. The van der Waals surface area contributed by atoms with Crippen LogP contribution in [0.4, 0.5) is 5.69 Å². The first-order chi connectivity index (χ1) is 18.7. The second-order valence-corrected chi connectivity index (χ2v) is 9.71. The highest BCUT2D eigenvalue weighted by Gasteiger charge is 2.23. The highest BCUT2D eigenvalue weighted by atomic mass is 16.2. The van der Waals surface area contributed by atoms with Crippen LogP contribution in [0.5, 0.6) is 0 Å². The molecule has 2 aromatic carbocycles. The van der Waals surface area contributed by atoms with Crippen molar-refractivity contribution in [2.45, 2.75) is 25.7 Å². The molecule has 6 heteroatoms. The Morgan fingerprint density at radius 3 is 2.55 bits per heavy atom. The van der Waals surface area contributed by atoms with Gasteiger partial charge in [-0.15, -0.1) is 0 Å². The first-order valence-electron chi connectivity index (χ1n) is 13.0. The summed E-state index contributed by atoms with van der Waals surface area (Å²) in [6, 6.07) is 22.3. The van der Waals surface area contributed by atoms with Crippen LogP contribution in [-0.2, 0) is 22.4 Å². The number of benzene rings is 2. The lowest BCUT2D eigenvalue weighted by molar-refractivity contribution is -0.118. The number of pyridine rings is 2. The lowest BCUT2D eigenvalue weighted by atomic mass is 9.98. The predicted octanol–water partition coefficient (Wildman–Crippen LogP) is 5.24. The van der Waals surface area contributed by atoms with E-state index in [1.165, 1.54) is 5.56 Å². The molecule has 6 nitrogen and oxygen atoms in total. The normalized spacial score (nSPS) is 14.4. The summed E-state index contributed by atoms with van der Waals surface area (Å²) in [6.45, 7) is 1.37. The van der Waals surface area contributed by atoms with Crippen molar-refractivity contribution in [2.75, 3.05) is 18.0 Å². The Morgan fingerprint density at radius 2 is 1.76 bits per heavy atom. The topological polar surface area (TPSA) is 75.2 Å². The number of amides is 2. The van der Waals surface area contributed by atoms with Crippen LogP contribution < -0.4 is 10.2 Å². The first kappa shape index (κ1) is 23.8. The molecule has 1 aliphatic carbocycles. The van der Waals surface area contributed by atoms with Crippen molar-refractivity contribution in [2.24, 2.45) is 0 Å². The van der Waals surface area contributed by atoms with Gasteiger partial charge in [-0.2, -0.15) is 0 Å². The van der Waals surface area contributed by atoms with Crippen LogP contribution in [0.25, 0.3) is 28.3 Å². The molecular weight excluding hydrogens is 472 g/mol. The summed E-state index contributed by atoms with van der Waals surface area (Å²) in [7, 11) is 0. The van der Waals surface area contributed by atoms with Crippen molar-refractivity contribution in [3.8, 4) is 22.3 Å². The highest BCUT2D eigenvalue weighted by molar-refractivity contribution is 6.01. The van der Waals surface area contributed by atoms with Gasteiger partial charge in [-0.1, -0.05) is 42.5 Å². The maximum atomic E-state index is 12.9. The molecular formula is C32H28N4O2. The molecule has 38 heavy (non-hydrogen) atoms. The molecule has 2 aliphatic rings. The lowest BCUT2D eigenvalue weighted by Crippen LogP contribution is -2.27. The fourth-order valence-corrected chi connectivity index (χ4v) is 5.20. The summed E-state index contributed by atoms with van der Waals surface area (Å²) in [4.78, 5) is 35.9. The maximum absolute atomic E-state index is 12.9. The number of aromatic nitrogens is 2. The average molecular weight is 501 g/mol. The van der Waals surface area contributed by atoms with Crippen LogP contribution >= 0.6 is 0 Å². The Morgan fingerprint density at radius 1 is 0.947 bits per heavy atom. The number of hydrogen-bond donors (Lipinski definition) is 1. The van der Waals surface area contributed by atoms with Gasteiger partial charge in [-0.25, -0.2) is 0 Å². The highest BCUT2D eigenvalue weighted by Crippen LogP contribution is 2.34. The Balaban J connectivity index is 1.20. The zero-order valence-corrected chi connectivity index (χ0v) is 21.1. The Labute approximate surface area is 222 Å². The molecule has 0 radical (unpaired) electrons. The number of rotatable bonds is 7. The third-order valence-electron chi connectivity index (χ3n) is 7.22. The second-order valence-electron chi connectivity index (χ2n) is 9.71. The number of carbonyl (C=O) groups is 2. The molecule has 188 valence electrons. The minimum atomic E-state index is -0.0478. The number of nitrogens with zero attached hydrogens (tertiary/aromatic N) is 3. The van der Waals surface area contributed by atoms with E-state index in [4.69, 9.17) is 0 Å². The van der Waals surface area contributed by atoms with Gasteiger partial charge in [-0.3, -0.25) is 19.6 Å². The van der Waals surface area contributed by atoms with Crippen LogP contribution in [-0.4, -0.2) is 34.9 Å². The van der Waals surface area contributed by atoms with Gasteiger partial charge in [0.15, 0.2) is 0 Å². The standard InChI is InChI=1S/C32H28N4O2/c37-31-7-4-16-36(31)27-10-8-23(9-11-27)25-17-26(21-33-20-25)28-13-15-34-30-19-24(18-29(28)30)32(38)35-14-12-22-5-2-1-3-6-22/h1-3,5-6,8-11,13,15,17-18,20-21H,4,7,12,14,16,19H2,(H,35,38). The van der Waals surface area contributed by atoms with Gasteiger partial charge >= 0.3 is 0 Å². The molecule has 4 aromatic rings. The smallest absolute Gasteiger partial charge is 0.247 e. The van der Waals surface area contributed by atoms with Crippen LogP contribution in [0.3, 0.4) is 0 Å². The summed E-state index contributed by atoms with van der Waals surface area (Å²) in [5, 5.41) is 3.05. The van der Waals surface area contributed by atoms with E-state index in [2.05, 4.69) is 33.5 Å². The molecule has 3 heterocycles. The summed E-state index contributed by atoms with van der Waals surface area (Å²) >= 11 is 0. The largest absolute Gasteiger partial charge is 0.352 e. The monoisotopic (exact) mass is 500 g/mol. The van der Waals surface area contributed by atoms with Crippen molar-refractivity contribution in [1.29, 1.82) is 0 Å². The molecule has 0 saturated carbocycles. The number of nitrogens with one attached hydrogen (secondary N) is 1. The molecule has 0 spiro atoms. The maximum Gasteiger partial charge on any atom is 0.247 e. The Hall–Kier alpha value is -4.58.